The molecular weight excluding hydrogens is 214 g/mol. The number of aryl methyl sites for hydroxylation is 2. The largest absolute Gasteiger partial charge is 0.478 e. The maximum atomic E-state index is 11.3. The number of hydrogen-bond donors (Lipinski definition) is 1. The van der Waals surface area contributed by atoms with Crippen molar-refractivity contribution in [2.24, 2.45) is 0 Å². The normalized spacial score (nSPS) is 10.7. The Labute approximate surface area is 100 Å². The van der Waals surface area contributed by atoms with Crippen molar-refractivity contribution in [1.29, 1.82) is 0 Å². The quantitative estimate of drug-likeness (QED) is 0.879. The number of aromatic carboxylic acids is 1. The Morgan fingerprint density at radius 1 is 1.35 bits per heavy atom. The minimum atomic E-state index is -0.885. The van der Waals surface area contributed by atoms with Crippen LogP contribution in [-0.4, -0.2) is 16.1 Å². The third-order valence-corrected chi connectivity index (χ3v) is 2.93. The summed E-state index contributed by atoms with van der Waals surface area (Å²) < 4.78 is 0. The standard InChI is InChI=1S/C14H15NO2/c1-3-6-12-13(14(16)17)9(2)10-7-4-5-8-11(10)15-12/h4-5,7-8H,3,6H2,1-2H3,(H,16,17). The van der Waals surface area contributed by atoms with Crippen LogP contribution < -0.4 is 0 Å². The molecule has 1 aromatic heterocycles. The number of carboxylic acid groups (broad SMARTS) is 1. The minimum absolute atomic E-state index is 0.366. The Kier molecular flexibility index (Phi) is 3.09. The van der Waals surface area contributed by atoms with E-state index in [0.29, 0.717) is 17.7 Å². The van der Waals surface area contributed by atoms with Crippen LogP contribution in [0.25, 0.3) is 10.9 Å². The molecule has 0 fully saturated rings. The summed E-state index contributed by atoms with van der Waals surface area (Å²) in [5.41, 5.74) is 2.74. The first-order chi connectivity index (χ1) is 8.15. The van der Waals surface area contributed by atoms with Crippen LogP contribution in [0.5, 0.6) is 0 Å². The molecule has 88 valence electrons. The summed E-state index contributed by atoms with van der Waals surface area (Å²) in [7, 11) is 0. The smallest absolute Gasteiger partial charge is 0.337 e. The molecule has 3 heteroatoms. The molecule has 3 nitrogen and oxygen atoms in total. The molecule has 0 aliphatic carbocycles. The van der Waals surface area contributed by atoms with Gasteiger partial charge < -0.3 is 5.11 Å². The van der Waals surface area contributed by atoms with Gasteiger partial charge in [0.15, 0.2) is 0 Å². The molecule has 0 radical (unpaired) electrons. The van der Waals surface area contributed by atoms with E-state index in [1.165, 1.54) is 0 Å². The molecule has 2 rings (SSSR count). The first kappa shape index (κ1) is 11.6. The van der Waals surface area contributed by atoms with E-state index in [1.807, 2.05) is 38.1 Å². The number of pyridine rings is 1. The Hall–Kier alpha value is -1.90. The molecule has 0 saturated heterocycles. The highest BCUT2D eigenvalue weighted by Gasteiger charge is 2.16. The van der Waals surface area contributed by atoms with Gasteiger partial charge in [-0.15, -0.1) is 0 Å². The molecule has 0 amide bonds. The van der Waals surface area contributed by atoms with Crippen LogP contribution in [0.3, 0.4) is 0 Å². The molecule has 0 aliphatic rings. The maximum Gasteiger partial charge on any atom is 0.337 e. The summed E-state index contributed by atoms with van der Waals surface area (Å²) in [6.45, 7) is 3.88. The van der Waals surface area contributed by atoms with Crippen molar-refractivity contribution >= 4 is 16.9 Å². The van der Waals surface area contributed by atoms with Gasteiger partial charge in [-0.2, -0.15) is 0 Å². The molecule has 1 aromatic carbocycles. The highest BCUT2D eigenvalue weighted by Crippen LogP contribution is 2.23. The fourth-order valence-electron chi connectivity index (χ4n) is 2.14. The Bertz CT molecular complexity index is 576. The molecule has 17 heavy (non-hydrogen) atoms. The molecule has 1 heterocycles. The molecule has 0 atom stereocenters. The van der Waals surface area contributed by atoms with Gasteiger partial charge >= 0.3 is 5.97 Å². The first-order valence-electron chi connectivity index (χ1n) is 5.76. The second-order valence-corrected chi connectivity index (χ2v) is 4.13. The average molecular weight is 229 g/mol. The average Bonchev–Trinajstić information content (AvgIpc) is 2.29. The molecule has 0 bridgehead atoms. The fraction of sp³-hybridized carbons (Fsp3) is 0.286. The monoisotopic (exact) mass is 229 g/mol. The summed E-state index contributed by atoms with van der Waals surface area (Å²) in [6.07, 6.45) is 1.60. The van der Waals surface area contributed by atoms with Gasteiger partial charge in [-0.25, -0.2) is 4.79 Å². The number of carboxylic acids is 1. The summed E-state index contributed by atoms with van der Waals surface area (Å²) in [4.78, 5) is 15.8. The van der Waals surface area contributed by atoms with Crippen molar-refractivity contribution in [2.45, 2.75) is 26.7 Å². The van der Waals surface area contributed by atoms with Crippen molar-refractivity contribution in [3.63, 3.8) is 0 Å². The third kappa shape index (κ3) is 2.00. The summed E-state index contributed by atoms with van der Waals surface area (Å²) in [5, 5.41) is 10.2. The van der Waals surface area contributed by atoms with Crippen LogP contribution in [0, 0.1) is 6.92 Å². The van der Waals surface area contributed by atoms with E-state index < -0.39 is 5.97 Å². The van der Waals surface area contributed by atoms with Crippen molar-refractivity contribution in [3.05, 3.63) is 41.1 Å². The number of rotatable bonds is 3. The van der Waals surface area contributed by atoms with Crippen LogP contribution in [0.1, 0.15) is 35.0 Å². The van der Waals surface area contributed by atoms with Crippen molar-refractivity contribution < 1.29 is 9.90 Å². The number of nitrogens with zero attached hydrogens (tertiary/aromatic N) is 1. The Balaban J connectivity index is 2.79. The van der Waals surface area contributed by atoms with Crippen LogP contribution in [0.2, 0.25) is 0 Å². The third-order valence-electron chi connectivity index (χ3n) is 2.93. The second-order valence-electron chi connectivity index (χ2n) is 4.13. The van der Waals surface area contributed by atoms with E-state index in [0.717, 1.165) is 22.9 Å². The van der Waals surface area contributed by atoms with Gasteiger partial charge in [-0.1, -0.05) is 31.5 Å². The number of para-hydroxylation sites is 1. The predicted molar refractivity (Wildman–Crippen MR) is 67.4 cm³/mol. The lowest BCUT2D eigenvalue weighted by Gasteiger charge is -2.10. The highest BCUT2D eigenvalue weighted by atomic mass is 16.4. The number of aromatic nitrogens is 1. The van der Waals surface area contributed by atoms with Crippen molar-refractivity contribution in [1.82, 2.24) is 4.98 Å². The summed E-state index contributed by atoms with van der Waals surface area (Å²) in [5.74, 6) is -0.885. The Morgan fingerprint density at radius 2 is 2.06 bits per heavy atom. The molecule has 1 N–H and O–H groups in total. The van der Waals surface area contributed by atoms with E-state index in [1.54, 1.807) is 0 Å². The number of fused-ring (bicyclic) bond motifs is 1. The van der Waals surface area contributed by atoms with Gasteiger partial charge in [0, 0.05) is 5.39 Å². The number of carbonyl (C=O) groups is 1. The zero-order chi connectivity index (χ0) is 12.4. The fourth-order valence-corrected chi connectivity index (χ4v) is 2.14. The molecular formula is C14H15NO2. The maximum absolute atomic E-state index is 11.3. The summed E-state index contributed by atoms with van der Waals surface area (Å²) in [6, 6.07) is 7.67. The van der Waals surface area contributed by atoms with E-state index in [-0.39, 0.29) is 0 Å². The van der Waals surface area contributed by atoms with E-state index in [4.69, 9.17) is 0 Å². The lowest BCUT2D eigenvalue weighted by atomic mass is 9.99. The van der Waals surface area contributed by atoms with Gasteiger partial charge in [-0.3, -0.25) is 4.98 Å². The molecule has 2 aromatic rings. The van der Waals surface area contributed by atoms with Crippen LogP contribution >= 0.6 is 0 Å². The van der Waals surface area contributed by atoms with Crippen LogP contribution in [0.15, 0.2) is 24.3 Å². The number of hydrogen-bond acceptors (Lipinski definition) is 2. The molecule has 0 spiro atoms. The van der Waals surface area contributed by atoms with Crippen LogP contribution in [0.4, 0.5) is 0 Å². The SMILES string of the molecule is CCCc1nc2ccccc2c(C)c1C(=O)O. The first-order valence-corrected chi connectivity index (χ1v) is 5.76. The topological polar surface area (TPSA) is 50.2 Å². The minimum Gasteiger partial charge on any atom is -0.478 e. The molecule has 0 unspecified atom stereocenters. The van der Waals surface area contributed by atoms with E-state index in [9.17, 15) is 9.90 Å². The summed E-state index contributed by atoms with van der Waals surface area (Å²) >= 11 is 0. The predicted octanol–water partition coefficient (Wildman–Crippen LogP) is 3.19. The lowest BCUT2D eigenvalue weighted by molar-refractivity contribution is 0.0694. The van der Waals surface area contributed by atoms with Crippen molar-refractivity contribution in [3.8, 4) is 0 Å². The highest BCUT2D eigenvalue weighted by molar-refractivity contribution is 5.97. The zero-order valence-electron chi connectivity index (χ0n) is 10.0. The second kappa shape index (κ2) is 4.53. The van der Waals surface area contributed by atoms with Gasteiger partial charge in [0.2, 0.25) is 0 Å². The molecule has 0 saturated carbocycles. The zero-order valence-corrected chi connectivity index (χ0v) is 10.0. The lowest BCUT2D eigenvalue weighted by Crippen LogP contribution is -2.08. The van der Waals surface area contributed by atoms with Gasteiger partial charge in [0.05, 0.1) is 16.8 Å². The Morgan fingerprint density at radius 3 is 2.71 bits per heavy atom. The van der Waals surface area contributed by atoms with Crippen LogP contribution in [-0.2, 0) is 6.42 Å². The van der Waals surface area contributed by atoms with Crippen molar-refractivity contribution in [2.75, 3.05) is 0 Å². The molecule has 0 aliphatic heterocycles. The van der Waals surface area contributed by atoms with Gasteiger partial charge in [0.25, 0.3) is 0 Å². The van der Waals surface area contributed by atoms with Gasteiger partial charge in [0.1, 0.15) is 0 Å². The van der Waals surface area contributed by atoms with E-state index in [2.05, 4.69) is 4.98 Å². The van der Waals surface area contributed by atoms with E-state index >= 15 is 0 Å². The number of benzene rings is 1. The van der Waals surface area contributed by atoms with Gasteiger partial charge in [-0.05, 0) is 25.0 Å².